The largest absolute Gasteiger partial charge is 0.448 e. The second kappa shape index (κ2) is 5.42. The van der Waals surface area contributed by atoms with Crippen LogP contribution in [0.3, 0.4) is 0 Å². The Morgan fingerprint density at radius 2 is 2.05 bits per heavy atom. The molecule has 1 atom stereocenters. The Bertz CT molecular complexity index is 553. The van der Waals surface area contributed by atoms with Gasteiger partial charge in [0.25, 0.3) is 5.91 Å². The number of amides is 1. The highest BCUT2D eigenvalue weighted by molar-refractivity contribution is 5.92. The maximum absolute atomic E-state index is 12.2. The minimum Gasteiger partial charge on any atom is -0.448 e. The van der Waals surface area contributed by atoms with Gasteiger partial charge >= 0.3 is 5.97 Å². The standard InChI is InChI=1S/C15H23N3O3/c1-9(13(19)17-15(2,3)4)21-14(20)12-7-10(16)8-18(12)11-5-6-11/h7-9,11H,5-6,16H2,1-4H3,(H,17,19). The second-order valence-corrected chi connectivity index (χ2v) is 6.58. The minimum atomic E-state index is -0.847. The van der Waals surface area contributed by atoms with Crippen molar-refractivity contribution in [3.63, 3.8) is 0 Å². The van der Waals surface area contributed by atoms with Crippen molar-refractivity contribution >= 4 is 17.6 Å². The number of anilines is 1. The summed E-state index contributed by atoms with van der Waals surface area (Å²) in [4.78, 5) is 24.2. The molecule has 1 aromatic rings. The molecule has 1 unspecified atom stereocenters. The maximum atomic E-state index is 12.2. The molecule has 1 aliphatic rings. The molecule has 116 valence electrons. The third-order valence-corrected chi connectivity index (χ3v) is 3.17. The molecule has 1 fully saturated rings. The molecule has 0 bridgehead atoms. The summed E-state index contributed by atoms with van der Waals surface area (Å²) in [5, 5.41) is 2.78. The van der Waals surface area contributed by atoms with Crippen LogP contribution in [0, 0.1) is 0 Å². The zero-order valence-corrected chi connectivity index (χ0v) is 13.0. The van der Waals surface area contributed by atoms with E-state index in [4.69, 9.17) is 10.5 Å². The van der Waals surface area contributed by atoms with Crippen LogP contribution in [-0.2, 0) is 9.53 Å². The SMILES string of the molecule is CC(OC(=O)c1cc(N)cn1C1CC1)C(=O)NC(C)(C)C. The average Bonchev–Trinajstić information content (AvgIpc) is 3.10. The molecule has 2 rings (SSSR count). The summed E-state index contributed by atoms with van der Waals surface area (Å²) in [6, 6.07) is 1.92. The molecule has 0 radical (unpaired) electrons. The third-order valence-electron chi connectivity index (χ3n) is 3.17. The molecular weight excluding hydrogens is 270 g/mol. The van der Waals surface area contributed by atoms with Gasteiger partial charge in [0.1, 0.15) is 5.69 Å². The van der Waals surface area contributed by atoms with Crippen LogP contribution in [0.4, 0.5) is 5.69 Å². The number of hydrogen-bond acceptors (Lipinski definition) is 4. The Morgan fingerprint density at radius 1 is 1.43 bits per heavy atom. The molecule has 6 nitrogen and oxygen atoms in total. The minimum absolute atomic E-state index is 0.312. The predicted octanol–water partition coefficient (Wildman–Crippen LogP) is 1.87. The van der Waals surface area contributed by atoms with Gasteiger partial charge in [-0.1, -0.05) is 0 Å². The van der Waals surface area contributed by atoms with Crippen LogP contribution in [0.5, 0.6) is 0 Å². The number of hydrogen-bond donors (Lipinski definition) is 2. The Kier molecular flexibility index (Phi) is 3.98. The number of esters is 1. The summed E-state index contributed by atoms with van der Waals surface area (Å²) in [5.74, 6) is -0.830. The van der Waals surface area contributed by atoms with Gasteiger partial charge in [0.2, 0.25) is 0 Å². The zero-order valence-electron chi connectivity index (χ0n) is 13.0. The van der Waals surface area contributed by atoms with E-state index in [0.717, 1.165) is 12.8 Å². The number of rotatable bonds is 4. The Morgan fingerprint density at radius 3 is 2.57 bits per heavy atom. The fourth-order valence-corrected chi connectivity index (χ4v) is 2.06. The number of aromatic nitrogens is 1. The first-order chi connectivity index (χ1) is 9.67. The first kappa shape index (κ1) is 15.4. The number of carbonyl (C=O) groups excluding carboxylic acids is 2. The van der Waals surface area contributed by atoms with Crippen LogP contribution >= 0.6 is 0 Å². The smallest absolute Gasteiger partial charge is 0.355 e. The van der Waals surface area contributed by atoms with Gasteiger partial charge in [-0.2, -0.15) is 0 Å². The van der Waals surface area contributed by atoms with Crippen molar-refractivity contribution in [2.24, 2.45) is 0 Å². The summed E-state index contributed by atoms with van der Waals surface area (Å²) in [5.41, 5.74) is 6.32. The highest BCUT2D eigenvalue weighted by Gasteiger charge is 2.30. The van der Waals surface area contributed by atoms with E-state index in [1.54, 1.807) is 19.2 Å². The topological polar surface area (TPSA) is 86.3 Å². The molecule has 1 aliphatic carbocycles. The first-order valence-corrected chi connectivity index (χ1v) is 7.18. The number of nitrogen functional groups attached to an aromatic ring is 1. The van der Waals surface area contributed by atoms with Crippen molar-refractivity contribution in [1.82, 2.24) is 9.88 Å². The molecule has 1 heterocycles. The second-order valence-electron chi connectivity index (χ2n) is 6.58. The Hall–Kier alpha value is -1.98. The summed E-state index contributed by atoms with van der Waals surface area (Å²) < 4.78 is 7.09. The van der Waals surface area contributed by atoms with E-state index in [9.17, 15) is 9.59 Å². The van der Waals surface area contributed by atoms with E-state index in [-0.39, 0.29) is 11.4 Å². The lowest BCUT2D eigenvalue weighted by Gasteiger charge is -2.23. The summed E-state index contributed by atoms with van der Waals surface area (Å²) in [6.45, 7) is 7.18. The van der Waals surface area contributed by atoms with Gasteiger partial charge in [0.05, 0.1) is 5.69 Å². The molecule has 0 saturated heterocycles. The molecular formula is C15H23N3O3. The lowest BCUT2D eigenvalue weighted by atomic mass is 10.1. The number of ether oxygens (including phenoxy) is 1. The van der Waals surface area contributed by atoms with Gasteiger partial charge in [-0.05, 0) is 46.6 Å². The lowest BCUT2D eigenvalue weighted by Crippen LogP contribution is -2.46. The Balaban J connectivity index is 2.02. The van der Waals surface area contributed by atoms with Crippen LogP contribution in [0.15, 0.2) is 12.3 Å². The van der Waals surface area contributed by atoms with Crippen molar-refractivity contribution in [3.8, 4) is 0 Å². The van der Waals surface area contributed by atoms with E-state index < -0.39 is 12.1 Å². The fraction of sp³-hybridized carbons (Fsp3) is 0.600. The van der Waals surface area contributed by atoms with Gasteiger partial charge < -0.3 is 20.4 Å². The van der Waals surface area contributed by atoms with Crippen molar-refractivity contribution in [2.75, 3.05) is 5.73 Å². The number of nitrogens with two attached hydrogens (primary N) is 1. The molecule has 0 aliphatic heterocycles. The van der Waals surface area contributed by atoms with Crippen molar-refractivity contribution in [1.29, 1.82) is 0 Å². The molecule has 1 amide bonds. The summed E-state index contributed by atoms with van der Waals surface area (Å²) in [6.07, 6.45) is 2.97. The normalized spacial score (nSPS) is 16.4. The van der Waals surface area contributed by atoms with Gasteiger partial charge in [0.15, 0.2) is 6.10 Å². The predicted molar refractivity (Wildman–Crippen MR) is 79.9 cm³/mol. The molecule has 0 spiro atoms. The quantitative estimate of drug-likeness (QED) is 0.830. The van der Waals surface area contributed by atoms with E-state index in [1.165, 1.54) is 0 Å². The van der Waals surface area contributed by atoms with E-state index >= 15 is 0 Å². The van der Waals surface area contributed by atoms with Gasteiger partial charge in [-0.3, -0.25) is 4.79 Å². The van der Waals surface area contributed by atoms with Gasteiger partial charge in [-0.25, -0.2) is 4.79 Å². The van der Waals surface area contributed by atoms with E-state index in [1.807, 2.05) is 25.3 Å². The zero-order chi connectivity index (χ0) is 15.8. The van der Waals surface area contributed by atoms with Gasteiger partial charge in [0, 0.05) is 17.8 Å². The summed E-state index contributed by atoms with van der Waals surface area (Å²) >= 11 is 0. The molecule has 21 heavy (non-hydrogen) atoms. The fourth-order valence-electron chi connectivity index (χ4n) is 2.06. The number of carbonyl (C=O) groups is 2. The molecule has 1 aromatic heterocycles. The average molecular weight is 293 g/mol. The number of nitrogens with zero attached hydrogens (tertiary/aromatic N) is 1. The monoisotopic (exact) mass is 293 g/mol. The van der Waals surface area contributed by atoms with Crippen LogP contribution in [-0.4, -0.2) is 28.1 Å². The van der Waals surface area contributed by atoms with Crippen LogP contribution in [0.2, 0.25) is 0 Å². The van der Waals surface area contributed by atoms with Crippen molar-refractivity contribution < 1.29 is 14.3 Å². The van der Waals surface area contributed by atoms with Crippen LogP contribution in [0.25, 0.3) is 0 Å². The lowest BCUT2D eigenvalue weighted by molar-refractivity contribution is -0.130. The third kappa shape index (κ3) is 4.00. The van der Waals surface area contributed by atoms with E-state index in [2.05, 4.69) is 5.32 Å². The molecule has 1 saturated carbocycles. The van der Waals surface area contributed by atoms with Crippen LogP contribution in [0.1, 0.15) is 57.1 Å². The highest BCUT2D eigenvalue weighted by atomic mass is 16.5. The van der Waals surface area contributed by atoms with Crippen molar-refractivity contribution in [2.45, 2.75) is 58.2 Å². The first-order valence-electron chi connectivity index (χ1n) is 7.18. The van der Waals surface area contributed by atoms with Crippen molar-refractivity contribution in [3.05, 3.63) is 18.0 Å². The van der Waals surface area contributed by atoms with Crippen LogP contribution < -0.4 is 11.1 Å². The molecule has 0 aromatic carbocycles. The molecule has 6 heteroatoms. The van der Waals surface area contributed by atoms with E-state index in [0.29, 0.717) is 17.4 Å². The Labute approximate surface area is 124 Å². The summed E-state index contributed by atoms with van der Waals surface area (Å²) in [7, 11) is 0. The number of nitrogens with one attached hydrogen (secondary N) is 1. The highest BCUT2D eigenvalue weighted by Crippen LogP contribution is 2.37. The molecule has 3 N–H and O–H groups in total. The maximum Gasteiger partial charge on any atom is 0.355 e. The van der Waals surface area contributed by atoms with Gasteiger partial charge in [-0.15, -0.1) is 0 Å².